The third-order valence-electron chi connectivity index (χ3n) is 10.7. The number of H-pyrrole nitrogens is 1. The molecule has 0 aliphatic carbocycles. The lowest BCUT2D eigenvalue weighted by Gasteiger charge is -2.39. The molecule has 15 heteroatoms. The molecule has 0 radical (unpaired) electrons. The number of benzene rings is 4. The summed E-state index contributed by atoms with van der Waals surface area (Å²) >= 11 is 6.80. The highest BCUT2D eigenvalue weighted by Crippen LogP contribution is 2.39. The monoisotopic (exact) mass is 875 g/mol. The maximum Gasteiger partial charge on any atom is 0.410 e. The molecule has 4 aromatic carbocycles. The summed E-state index contributed by atoms with van der Waals surface area (Å²) in [4.78, 5) is 62.9. The fourth-order valence-corrected chi connectivity index (χ4v) is 7.61. The number of rotatable bonds is 12. The number of carbonyl (C=O) groups excluding carboxylic acids is 2. The lowest BCUT2D eigenvalue weighted by atomic mass is 9.74. The van der Waals surface area contributed by atoms with Gasteiger partial charge in [-0.05, 0) is 74.6 Å². The molecule has 12 nitrogen and oxygen atoms in total. The Kier molecular flexibility index (Phi) is 12.9. The standard InChI is InChI=1S/C48H44ClF2N5O7/c1-47(2,3)63-46(61)56-24-21-48(22-25-56,45(59)60)27-36-39(42(57)34(28-53-36)29-14-16-32(50)17-15-29)44(58)54-33-18-19-37(35(51)26-33)62-38-20-23-52-43(40(38)49)55-41(30-10-6-4-7-11-30)31-12-8-5-9-13-31/h4-20,23,26,28,41H,21-22,24-25,27H2,1-3H3,(H,52,55)(H,53,57)(H,54,58)(H,59,60). The fourth-order valence-electron chi connectivity index (χ4n) is 7.41. The predicted octanol–water partition coefficient (Wildman–Crippen LogP) is 10.3. The van der Waals surface area contributed by atoms with Gasteiger partial charge in [-0.2, -0.15) is 0 Å². The molecule has 1 saturated heterocycles. The van der Waals surface area contributed by atoms with Crippen molar-refractivity contribution in [3.8, 4) is 22.6 Å². The average Bonchev–Trinajstić information content (AvgIpc) is 3.25. The number of hydrogen-bond acceptors (Lipinski definition) is 8. The lowest BCUT2D eigenvalue weighted by Crippen LogP contribution is -2.49. The number of aromatic nitrogens is 2. The molecule has 0 unspecified atom stereocenters. The first-order valence-electron chi connectivity index (χ1n) is 20.1. The largest absolute Gasteiger partial charge is 0.481 e. The van der Waals surface area contributed by atoms with Crippen molar-refractivity contribution in [3.05, 3.63) is 171 Å². The minimum atomic E-state index is -1.48. The Labute approximate surface area is 366 Å². The number of carboxylic acids is 1. The van der Waals surface area contributed by atoms with Crippen molar-refractivity contribution in [1.82, 2.24) is 14.9 Å². The van der Waals surface area contributed by atoms with Crippen molar-refractivity contribution in [2.45, 2.75) is 51.7 Å². The van der Waals surface area contributed by atoms with Crippen LogP contribution in [-0.2, 0) is 16.0 Å². The molecule has 1 fully saturated rings. The number of carbonyl (C=O) groups is 3. The van der Waals surface area contributed by atoms with Crippen LogP contribution in [0.1, 0.15) is 66.8 Å². The molecular weight excluding hydrogens is 832 g/mol. The summed E-state index contributed by atoms with van der Waals surface area (Å²) in [6.07, 6.45) is 1.94. The number of likely N-dealkylation sites (tertiary alicyclic amines) is 1. The van der Waals surface area contributed by atoms with Gasteiger partial charge in [0.1, 0.15) is 27.8 Å². The summed E-state index contributed by atoms with van der Waals surface area (Å²) in [6.45, 7) is 5.29. The Balaban J connectivity index is 1.14. The number of halogens is 3. The molecule has 4 N–H and O–H groups in total. The summed E-state index contributed by atoms with van der Waals surface area (Å²) in [5, 5.41) is 16.6. The van der Waals surface area contributed by atoms with E-state index in [0.29, 0.717) is 11.4 Å². The minimum Gasteiger partial charge on any atom is -0.481 e. The molecular formula is C48H44ClF2N5O7. The van der Waals surface area contributed by atoms with Gasteiger partial charge < -0.3 is 35.1 Å². The zero-order chi connectivity index (χ0) is 44.9. The number of aliphatic carboxylic acids is 1. The number of carboxylic acid groups (broad SMARTS) is 1. The highest BCUT2D eigenvalue weighted by molar-refractivity contribution is 6.34. The number of nitrogens with one attached hydrogen (secondary N) is 3. The van der Waals surface area contributed by atoms with Crippen molar-refractivity contribution in [1.29, 1.82) is 0 Å². The first kappa shape index (κ1) is 44.0. The minimum absolute atomic E-state index is 0.00324. The topological polar surface area (TPSA) is 163 Å². The Morgan fingerprint density at radius 1 is 0.905 bits per heavy atom. The van der Waals surface area contributed by atoms with Crippen LogP contribution in [-0.4, -0.2) is 56.6 Å². The molecule has 0 atom stereocenters. The Bertz CT molecular complexity index is 2650. The molecule has 3 heterocycles. The second kappa shape index (κ2) is 18.5. The Morgan fingerprint density at radius 2 is 1.54 bits per heavy atom. The summed E-state index contributed by atoms with van der Waals surface area (Å²) in [5.74, 6) is -3.38. The van der Waals surface area contributed by atoms with Gasteiger partial charge in [-0.15, -0.1) is 0 Å². The summed E-state index contributed by atoms with van der Waals surface area (Å²) in [7, 11) is 0. The molecule has 0 spiro atoms. The molecule has 1 aliphatic rings. The third-order valence-corrected chi connectivity index (χ3v) is 11.1. The second-order valence-electron chi connectivity index (χ2n) is 16.2. The van der Waals surface area contributed by atoms with Crippen LogP contribution in [0, 0.1) is 17.0 Å². The third kappa shape index (κ3) is 10.2. The van der Waals surface area contributed by atoms with Gasteiger partial charge in [0.15, 0.2) is 17.3 Å². The van der Waals surface area contributed by atoms with Crippen LogP contribution in [0.4, 0.5) is 25.1 Å². The van der Waals surface area contributed by atoms with E-state index in [1.165, 1.54) is 47.6 Å². The normalized spacial score (nSPS) is 13.6. The zero-order valence-electron chi connectivity index (χ0n) is 34.6. The van der Waals surface area contributed by atoms with E-state index < -0.39 is 51.6 Å². The van der Waals surface area contributed by atoms with E-state index in [1.54, 1.807) is 20.8 Å². The van der Waals surface area contributed by atoms with Gasteiger partial charge in [-0.1, -0.05) is 84.4 Å². The smallest absolute Gasteiger partial charge is 0.410 e. The quantitative estimate of drug-likeness (QED) is 0.0937. The number of piperidine rings is 1. The van der Waals surface area contributed by atoms with E-state index in [0.717, 1.165) is 29.3 Å². The van der Waals surface area contributed by atoms with Crippen LogP contribution >= 0.6 is 11.6 Å². The number of pyridine rings is 2. The van der Waals surface area contributed by atoms with Gasteiger partial charge in [0.2, 0.25) is 5.43 Å². The molecule has 0 bridgehead atoms. The Morgan fingerprint density at radius 3 is 2.13 bits per heavy atom. The van der Waals surface area contributed by atoms with Gasteiger partial charge >= 0.3 is 12.1 Å². The van der Waals surface area contributed by atoms with Crippen molar-refractivity contribution >= 4 is 41.1 Å². The lowest BCUT2D eigenvalue weighted by molar-refractivity contribution is -0.152. The summed E-state index contributed by atoms with van der Waals surface area (Å²) in [6, 6.07) is 29.3. The van der Waals surface area contributed by atoms with E-state index in [-0.39, 0.29) is 71.9 Å². The molecule has 63 heavy (non-hydrogen) atoms. The van der Waals surface area contributed by atoms with E-state index >= 15 is 4.39 Å². The molecule has 2 amide bonds. The van der Waals surface area contributed by atoms with Crippen LogP contribution in [0.25, 0.3) is 11.1 Å². The number of anilines is 2. The van der Waals surface area contributed by atoms with Crippen molar-refractivity contribution < 1.29 is 37.7 Å². The van der Waals surface area contributed by atoms with Gasteiger partial charge in [0, 0.05) is 61.0 Å². The first-order valence-corrected chi connectivity index (χ1v) is 20.5. The van der Waals surface area contributed by atoms with Crippen LogP contribution in [0.5, 0.6) is 11.5 Å². The Hall–Kier alpha value is -7.06. The van der Waals surface area contributed by atoms with Crippen LogP contribution in [0.2, 0.25) is 5.02 Å². The summed E-state index contributed by atoms with van der Waals surface area (Å²) < 4.78 is 41.1. The van der Waals surface area contributed by atoms with Crippen molar-refractivity contribution in [2.75, 3.05) is 23.7 Å². The van der Waals surface area contributed by atoms with E-state index in [9.17, 15) is 28.7 Å². The first-order chi connectivity index (χ1) is 30.1. The molecule has 6 aromatic rings. The number of amides is 2. The molecule has 2 aromatic heterocycles. The average molecular weight is 876 g/mol. The van der Waals surface area contributed by atoms with E-state index in [1.807, 2.05) is 60.7 Å². The second-order valence-corrected chi connectivity index (χ2v) is 16.6. The van der Waals surface area contributed by atoms with Crippen molar-refractivity contribution in [2.24, 2.45) is 5.41 Å². The number of hydrogen-bond donors (Lipinski definition) is 4. The SMILES string of the molecule is CC(C)(C)OC(=O)N1CCC(Cc2[nH]cc(-c3ccc(F)cc3)c(=O)c2C(=O)Nc2ccc(Oc3ccnc(NC(c4ccccc4)c4ccccc4)c3Cl)c(F)c2)(C(=O)O)CC1. The van der Waals surface area contributed by atoms with Gasteiger partial charge in [-0.3, -0.25) is 14.4 Å². The highest BCUT2D eigenvalue weighted by atomic mass is 35.5. The number of nitrogens with zero attached hydrogens (tertiary/aromatic N) is 2. The maximum atomic E-state index is 15.8. The fraction of sp³-hybridized carbons (Fsp3) is 0.229. The van der Waals surface area contributed by atoms with E-state index in [2.05, 4.69) is 20.6 Å². The van der Waals surface area contributed by atoms with Gasteiger partial charge in [0.25, 0.3) is 5.91 Å². The van der Waals surface area contributed by atoms with Crippen molar-refractivity contribution in [3.63, 3.8) is 0 Å². The summed E-state index contributed by atoms with van der Waals surface area (Å²) in [5.41, 5.74) is -1.23. The van der Waals surface area contributed by atoms with Crippen LogP contribution in [0.3, 0.4) is 0 Å². The molecule has 0 saturated carbocycles. The van der Waals surface area contributed by atoms with E-state index in [4.69, 9.17) is 21.1 Å². The molecule has 7 rings (SSSR count). The van der Waals surface area contributed by atoms with Gasteiger partial charge in [-0.25, -0.2) is 18.6 Å². The molecule has 1 aliphatic heterocycles. The van der Waals surface area contributed by atoms with Crippen LogP contribution < -0.4 is 20.8 Å². The maximum absolute atomic E-state index is 15.8. The number of ether oxygens (including phenoxy) is 2. The van der Waals surface area contributed by atoms with Gasteiger partial charge in [0.05, 0.1) is 11.5 Å². The highest BCUT2D eigenvalue weighted by Gasteiger charge is 2.44. The predicted molar refractivity (Wildman–Crippen MR) is 235 cm³/mol. The molecule has 324 valence electrons. The van der Waals surface area contributed by atoms with Crippen LogP contribution in [0.15, 0.2) is 126 Å². The number of aromatic amines is 1. The zero-order valence-corrected chi connectivity index (χ0v) is 35.3.